The average molecular weight is 341 g/mol. The molecule has 1 aromatic carbocycles. The molecule has 132 valence electrons. The maximum atomic E-state index is 13.0. The van der Waals surface area contributed by atoms with Crippen molar-refractivity contribution in [2.24, 2.45) is 0 Å². The smallest absolute Gasteiger partial charge is 0.236 e. The Hall–Kier alpha value is -2.27. The summed E-state index contributed by atoms with van der Waals surface area (Å²) >= 11 is 0. The van der Waals surface area contributed by atoms with Crippen molar-refractivity contribution in [1.29, 1.82) is 0 Å². The van der Waals surface area contributed by atoms with Crippen molar-refractivity contribution >= 4 is 5.91 Å². The first kappa shape index (κ1) is 17.5. The third kappa shape index (κ3) is 4.86. The second kappa shape index (κ2) is 8.21. The molecule has 3 rings (SSSR count). The zero-order valence-electron chi connectivity index (χ0n) is 14.6. The van der Waals surface area contributed by atoms with Crippen LogP contribution in [-0.2, 0) is 11.3 Å². The number of aromatic nitrogens is 1. The third-order valence-electron chi connectivity index (χ3n) is 4.81. The molecule has 0 aliphatic carbocycles. The van der Waals surface area contributed by atoms with Crippen molar-refractivity contribution in [2.75, 3.05) is 26.7 Å². The summed E-state index contributed by atoms with van der Waals surface area (Å²) < 4.78 is 13.0. The minimum atomic E-state index is -0.256. The number of benzene rings is 1. The molecule has 1 amide bonds. The summed E-state index contributed by atoms with van der Waals surface area (Å²) in [6, 6.07) is 12.3. The van der Waals surface area contributed by atoms with Gasteiger partial charge in [-0.25, -0.2) is 4.39 Å². The summed E-state index contributed by atoms with van der Waals surface area (Å²) in [5.41, 5.74) is 2.09. The molecular formula is C20H24FN3O. The number of piperidine rings is 1. The molecule has 2 heterocycles. The fourth-order valence-electron chi connectivity index (χ4n) is 3.27. The molecule has 0 N–H and O–H groups in total. The quantitative estimate of drug-likeness (QED) is 0.839. The number of carbonyl (C=O) groups is 1. The minimum absolute atomic E-state index is 0.0978. The lowest BCUT2D eigenvalue weighted by Crippen LogP contribution is -2.41. The Balaban J connectivity index is 1.46. The SMILES string of the molecule is CN(Cc1ccc(F)cc1)C(=O)CN1CCC(c2ccccn2)CC1. The highest BCUT2D eigenvalue weighted by molar-refractivity contribution is 5.78. The first-order valence-corrected chi connectivity index (χ1v) is 8.73. The van der Waals surface area contributed by atoms with Crippen molar-refractivity contribution in [3.05, 3.63) is 65.7 Å². The first-order valence-electron chi connectivity index (χ1n) is 8.73. The molecule has 1 fully saturated rings. The summed E-state index contributed by atoms with van der Waals surface area (Å²) in [4.78, 5) is 20.8. The molecule has 1 aliphatic heterocycles. The number of pyridine rings is 1. The lowest BCUT2D eigenvalue weighted by atomic mass is 9.93. The molecule has 0 bridgehead atoms. The largest absolute Gasteiger partial charge is 0.340 e. The van der Waals surface area contributed by atoms with E-state index in [2.05, 4.69) is 16.0 Å². The Labute approximate surface area is 148 Å². The van der Waals surface area contributed by atoms with Crippen LogP contribution in [-0.4, -0.2) is 47.4 Å². The summed E-state index contributed by atoms with van der Waals surface area (Å²) in [5.74, 6) is 0.332. The highest BCUT2D eigenvalue weighted by Gasteiger charge is 2.23. The monoisotopic (exact) mass is 341 g/mol. The van der Waals surface area contributed by atoms with Crippen LogP contribution in [0.1, 0.15) is 30.0 Å². The van der Waals surface area contributed by atoms with E-state index in [4.69, 9.17) is 0 Å². The number of halogens is 1. The molecule has 4 nitrogen and oxygen atoms in total. The van der Waals surface area contributed by atoms with Crippen molar-refractivity contribution < 1.29 is 9.18 Å². The van der Waals surface area contributed by atoms with E-state index in [9.17, 15) is 9.18 Å². The van der Waals surface area contributed by atoms with Crippen LogP contribution < -0.4 is 0 Å². The fraction of sp³-hybridized carbons (Fsp3) is 0.400. The molecule has 1 aliphatic rings. The molecular weight excluding hydrogens is 317 g/mol. The maximum Gasteiger partial charge on any atom is 0.236 e. The number of likely N-dealkylation sites (tertiary alicyclic amines) is 1. The number of likely N-dealkylation sites (N-methyl/N-ethyl adjacent to an activating group) is 1. The van der Waals surface area contributed by atoms with E-state index < -0.39 is 0 Å². The number of amides is 1. The predicted octanol–water partition coefficient (Wildman–Crippen LogP) is 3.06. The van der Waals surface area contributed by atoms with Gasteiger partial charge in [0.05, 0.1) is 6.54 Å². The Morgan fingerprint density at radius 1 is 1.20 bits per heavy atom. The number of rotatable bonds is 5. The van der Waals surface area contributed by atoms with Crippen LogP contribution in [0.3, 0.4) is 0 Å². The molecule has 1 saturated heterocycles. The summed E-state index contributed by atoms with van der Waals surface area (Å²) in [6.07, 6.45) is 3.91. The van der Waals surface area contributed by atoms with Crippen LogP contribution in [0.4, 0.5) is 4.39 Å². The standard InChI is InChI=1S/C20H24FN3O/c1-23(14-16-5-7-18(21)8-6-16)20(25)15-24-12-9-17(10-13-24)19-4-2-3-11-22-19/h2-8,11,17H,9-10,12-15H2,1H3. The fourth-order valence-corrected chi connectivity index (χ4v) is 3.27. The first-order chi connectivity index (χ1) is 12.1. The Morgan fingerprint density at radius 3 is 2.56 bits per heavy atom. The van der Waals surface area contributed by atoms with Gasteiger partial charge in [0.2, 0.25) is 5.91 Å². The van der Waals surface area contributed by atoms with Gasteiger partial charge in [0.25, 0.3) is 0 Å². The van der Waals surface area contributed by atoms with E-state index in [1.165, 1.54) is 12.1 Å². The second-order valence-corrected chi connectivity index (χ2v) is 6.68. The molecule has 5 heteroatoms. The molecule has 0 radical (unpaired) electrons. The highest BCUT2D eigenvalue weighted by atomic mass is 19.1. The minimum Gasteiger partial charge on any atom is -0.340 e. The molecule has 0 unspecified atom stereocenters. The average Bonchev–Trinajstić information content (AvgIpc) is 2.65. The van der Waals surface area contributed by atoms with Crippen molar-refractivity contribution in [3.63, 3.8) is 0 Å². The second-order valence-electron chi connectivity index (χ2n) is 6.68. The number of hydrogen-bond donors (Lipinski definition) is 0. The number of carbonyl (C=O) groups excluding carboxylic acids is 1. The van der Waals surface area contributed by atoms with Crippen LogP contribution >= 0.6 is 0 Å². The van der Waals surface area contributed by atoms with Gasteiger partial charge in [-0.1, -0.05) is 18.2 Å². The maximum absolute atomic E-state index is 13.0. The molecule has 25 heavy (non-hydrogen) atoms. The Bertz CT molecular complexity index is 682. The van der Waals surface area contributed by atoms with E-state index in [-0.39, 0.29) is 11.7 Å². The molecule has 1 aromatic heterocycles. The summed E-state index contributed by atoms with van der Waals surface area (Å²) in [5, 5.41) is 0. The van der Waals surface area contributed by atoms with E-state index >= 15 is 0 Å². The summed E-state index contributed by atoms with van der Waals surface area (Å²) in [6.45, 7) is 2.77. The Kier molecular flexibility index (Phi) is 5.76. The zero-order valence-corrected chi connectivity index (χ0v) is 14.6. The van der Waals surface area contributed by atoms with Gasteiger partial charge in [-0.05, 0) is 55.8 Å². The van der Waals surface area contributed by atoms with Gasteiger partial charge in [0.15, 0.2) is 0 Å². The van der Waals surface area contributed by atoms with Crippen LogP contribution in [0, 0.1) is 5.82 Å². The van der Waals surface area contributed by atoms with E-state index in [0.29, 0.717) is 19.0 Å². The van der Waals surface area contributed by atoms with Crippen LogP contribution in [0.15, 0.2) is 48.7 Å². The topological polar surface area (TPSA) is 36.4 Å². The third-order valence-corrected chi connectivity index (χ3v) is 4.81. The normalized spacial score (nSPS) is 15.9. The van der Waals surface area contributed by atoms with E-state index in [0.717, 1.165) is 37.2 Å². The summed E-state index contributed by atoms with van der Waals surface area (Å²) in [7, 11) is 1.80. The number of nitrogens with zero attached hydrogens (tertiary/aromatic N) is 3. The molecule has 2 aromatic rings. The molecule has 0 atom stereocenters. The van der Waals surface area contributed by atoms with Crippen LogP contribution in [0.25, 0.3) is 0 Å². The van der Waals surface area contributed by atoms with Gasteiger partial charge in [-0.15, -0.1) is 0 Å². The lowest BCUT2D eigenvalue weighted by molar-refractivity contribution is -0.131. The highest BCUT2D eigenvalue weighted by Crippen LogP contribution is 2.26. The van der Waals surface area contributed by atoms with Gasteiger partial charge in [0.1, 0.15) is 5.82 Å². The van der Waals surface area contributed by atoms with Gasteiger partial charge < -0.3 is 4.90 Å². The van der Waals surface area contributed by atoms with E-state index in [1.54, 1.807) is 24.1 Å². The van der Waals surface area contributed by atoms with Gasteiger partial charge in [0, 0.05) is 31.4 Å². The zero-order chi connectivity index (χ0) is 17.6. The molecule has 0 saturated carbocycles. The van der Waals surface area contributed by atoms with Crippen molar-refractivity contribution in [2.45, 2.75) is 25.3 Å². The predicted molar refractivity (Wildman–Crippen MR) is 95.5 cm³/mol. The Morgan fingerprint density at radius 2 is 1.92 bits per heavy atom. The van der Waals surface area contributed by atoms with Gasteiger partial charge in [-0.2, -0.15) is 0 Å². The van der Waals surface area contributed by atoms with Crippen LogP contribution in [0.5, 0.6) is 0 Å². The van der Waals surface area contributed by atoms with Crippen molar-refractivity contribution in [3.8, 4) is 0 Å². The van der Waals surface area contributed by atoms with Gasteiger partial charge >= 0.3 is 0 Å². The van der Waals surface area contributed by atoms with Crippen LogP contribution in [0.2, 0.25) is 0 Å². The number of hydrogen-bond acceptors (Lipinski definition) is 3. The van der Waals surface area contributed by atoms with Crippen molar-refractivity contribution in [1.82, 2.24) is 14.8 Å². The van der Waals surface area contributed by atoms with Gasteiger partial charge in [-0.3, -0.25) is 14.7 Å². The van der Waals surface area contributed by atoms with E-state index in [1.807, 2.05) is 18.3 Å². The lowest BCUT2D eigenvalue weighted by Gasteiger charge is -2.32. The molecule has 0 spiro atoms.